The third-order valence-electron chi connectivity index (χ3n) is 5.56. The van der Waals surface area contributed by atoms with Gasteiger partial charge in [-0.2, -0.15) is 0 Å². The lowest BCUT2D eigenvalue weighted by Gasteiger charge is -2.12. The van der Waals surface area contributed by atoms with E-state index < -0.39 is 0 Å². The third kappa shape index (κ3) is 2.15. The summed E-state index contributed by atoms with van der Waals surface area (Å²) in [5, 5.41) is 6.82. The number of aryl methyl sites for hydroxylation is 2. The molecule has 0 bridgehead atoms. The zero-order valence-corrected chi connectivity index (χ0v) is 15.8. The molecule has 27 heavy (non-hydrogen) atoms. The topological polar surface area (TPSA) is 31.6 Å². The van der Waals surface area contributed by atoms with E-state index in [0.29, 0.717) is 5.75 Å². The van der Waals surface area contributed by atoms with Gasteiger partial charge < -0.3 is 13.9 Å². The zero-order chi connectivity index (χ0) is 18.7. The lowest BCUT2D eigenvalue weighted by Crippen LogP contribution is -1.91. The van der Waals surface area contributed by atoms with Crippen molar-refractivity contribution in [1.82, 2.24) is 0 Å². The smallest absolute Gasteiger partial charge is 0.161 e. The molecule has 0 amide bonds. The van der Waals surface area contributed by atoms with Crippen LogP contribution in [0.15, 0.2) is 52.9 Å². The van der Waals surface area contributed by atoms with E-state index in [1.807, 2.05) is 12.1 Å². The highest BCUT2D eigenvalue weighted by Gasteiger charge is 2.18. The summed E-state index contributed by atoms with van der Waals surface area (Å²) in [5.41, 5.74) is 4.31. The van der Waals surface area contributed by atoms with E-state index in [1.165, 1.54) is 21.9 Å². The molecule has 0 aliphatic rings. The molecule has 0 N–H and O–H groups in total. The number of furan rings is 1. The number of rotatable bonds is 2. The van der Waals surface area contributed by atoms with Crippen LogP contribution in [0.1, 0.15) is 11.1 Å². The summed E-state index contributed by atoms with van der Waals surface area (Å²) in [6, 6.07) is 16.9. The Morgan fingerprint density at radius 3 is 2.00 bits per heavy atom. The predicted molar refractivity (Wildman–Crippen MR) is 111 cm³/mol. The Bertz CT molecular complexity index is 1360. The van der Waals surface area contributed by atoms with Crippen molar-refractivity contribution in [3.8, 4) is 11.5 Å². The summed E-state index contributed by atoms with van der Waals surface area (Å²) >= 11 is 0. The summed E-state index contributed by atoms with van der Waals surface area (Å²) in [5.74, 6) is 1.42. The molecular weight excluding hydrogens is 336 g/mol. The van der Waals surface area contributed by atoms with Gasteiger partial charge in [-0.1, -0.05) is 24.3 Å². The lowest BCUT2D eigenvalue weighted by molar-refractivity contribution is 0.356. The molecule has 0 fully saturated rings. The largest absolute Gasteiger partial charge is 0.493 e. The van der Waals surface area contributed by atoms with Crippen molar-refractivity contribution in [3.63, 3.8) is 0 Å². The maximum atomic E-state index is 6.39. The molecule has 5 aromatic rings. The van der Waals surface area contributed by atoms with Crippen LogP contribution in [0.5, 0.6) is 11.5 Å². The van der Waals surface area contributed by atoms with E-state index in [9.17, 15) is 0 Å². The van der Waals surface area contributed by atoms with Gasteiger partial charge in [-0.25, -0.2) is 0 Å². The lowest BCUT2D eigenvalue weighted by atomic mass is 9.95. The Kier molecular flexibility index (Phi) is 3.35. The van der Waals surface area contributed by atoms with Crippen LogP contribution in [0.2, 0.25) is 0 Å². The molecule has 4 aromatic carbocycles. The minimum absolute atomic E-state index is 0.703. The minimum Gasteiger partial charge on any atom is -0.493 e. The standard InChI is InChI=1S/C24H20O3/c1-13-9-19-20(10-14(13)2)27-24-18-12-22(26-4)21(25-3)11-17(18)15-7-5-6-8-16(15)23(19)24/h5-12H,1-4H3. The van der Waals surface area contributed by atoms with Crippen molar-refractivity contribution in [1.29, 1.82) is 0 Å². The molecule has 5 rings (SSSR count). The monoisotopic (exact) mass is 356 g/mol. The van der Waals surface area contributed by atoms with E-state index in [-0.39, 0.29) is 0 Å². The molecule has 1 heterocycles. The van der Waals surface area contributed by atoms with Crippen LogP contribution in [-0.2, 0) is 0 Å². The number of hydrogen-bond acceptors (Lipinski definition) is 3. The highest BCUT2D eigenvalue weighted by molar-refractivity contribution is 6.30. The quantitative estimate of drug-likeness (QED) is 0.337. The van der Waals surface area contributed by atoms with E-state index in [2.05, 4.69) is 50.2 Å². The second-order valence-electron chi connectivity index (χ2n) is 7.04. The maximum absolute atomic E-state index is 6.39. The van der Waals surface area contributed by atoms with Crippen LogP contribution in [0.3, 0.4) is 0 Å². The van der Waals surface area contributed by atoms with E-state index in [0.717, 1.165) is 38.5 Å². The molecule has 0 atom stereocenters. The molecule has 134 valence electrons. The maximum Gasteiger partial charge on any atom is 0.161 e. The van der Waals surface area contributed by atoms with Gasteiger partial charge in [0.1, 0.15) is 11.2 Å². The number of benzene rings is 4. The zero-order valence-electron chi connectivity index (χ0n) is 15.8. The van der Waals surface area contributed by atoms with Crippen molar-refractivity contribution in [2.45, 2.75) is 13.8 Å². The van der Waals surface area contributed by atoms with Crippen LogP contribution in [-0.4, -0.2) is 14.2 Å². The second kappa shape index (κ2) is 5.65. The molecule has 1 aromatic heterocycles. The number of ether oxygens (including phenoxy) is 2. The Morgan fingerprint density at radius 1 is 0.667 bits per heavy atom. The van der Waals surface area contributed by atoms with E-state index >= 15 is 0 Å². The summed E-state index contributed by atoms with van der Waals surface area (Å²) in [6.45, 7) is 4.26. The molecule has 0 radical (unpaired) electrons. The van der Waals surface area contributed by atoms with Gasteiger partial charge in [0.25, 0.3) is 0 Å². The fourth-order valence-electron chi connectivity index (χ4n) is 4.04. The molecule has 0 unspecified atom stereocenters. The summed E-state index contributed by atoms with van der Waals surface area (Å²) in [6.07, 6.45) is 0. The Hall–Kier alpha value is -3.20. The molecule has 3 nitrogen and oxygen atoms in total. The van der Waals surface area contributed by atoms with Gasteiger partial charge >= 0.3 is 0 Å². The molecular formula is C24H20O3. The normalized spacial score (nSPS) is 11.7. The van der Waals surface area contributed by atoms with Crippen molar-refractivity contribution in [2.75, 3.05) is 14.2 Å². The first kappa shape index (κ1) is 16.0. The van der Waals surface area contributed by atoms with Gasteiger partial charge in [-0.3, -0.25) is 0 Å². The van der Waals surface area contributed by atoms with Crippen LogP contribution in [0, 0.1) is 13.8 Å². The number of hydrogen-bond donors (Lipinski definition) is 0. The van der Waals surface area contributed by atoms with Gasteiger partial charge in [0.05, 0.1) is 14.2 Å². The van der Waals surface area contributed by atoms with Gasteiger partial charge in [-0.15, -0.1) is 0 Å². The number of methoxy groups -OCH3 is 2. The highest BCUT2D eigenvalue weighted by atomic mass is 16.5. The SMILES string of the molecule is COc1cc2c3ccccc3c3c4cc(C)c(C)cc4oc3c2cc1OC. The predicted octanol–water partition coefficient (Wildman–Crippen LogP) is 6.53. The molecule has 0 saturated heterocycles. The Labute approximate surface area is 157 Å². The van der Waals surface area contributed by atoms with E-state index in [4.69, 9.17) is 13.9 Å². The van der Waals surface area contributed by atoms with Crippen LogP contribution in [0.4, 0.5) is 0 Å². The Morgan fingerprint density at radius 2 is 1.30 bits per heavy atom. The molecule has 0 spiro atoms. The first-order valence-corrected chi connectivity index (χ1v) is 9.02. The number of fused-ring (bicyclic) bond motifs is 8. The average Bonchev–Trinajstić information content (AvgIpc) is 3.05. The fourth-order valence-corrected chi connectivity index (χ4v) is 4.04. The van der Waals surface area contributed by atoms with Gasteiger partial charge in [0.2, 0.25) is 0 Å². The van der Waals surface area contributed by atoms with Crippen molar-refractivity contribution < 1.29 is 13.9 Å². The van der Waals surface area contributed by atoms with Crippen molar-refractivity contribution in [2.24, 2.45) is 0 Å². The van der Waals surface area contributed by atoms with Crippen LogP contribution >= 0.6 is 0 Å². The molecule has 0 aliphatic heterocycles. The fraction of sp³-hybridized carbons (Fsp3) is 0.167. The summed E-state index contributed by atoms with van der Waals surface area (Å²) in [7, 11) is 3.32. The average molecular weight is 356 g/mol. The molecule has 0 saturated carbocycles. The van der Waals surface area contributed by atoms with Gasteiger partial charge in [0.15, 0.2) is 11.5 Å². The van der Waals surface area contributed by atoms with Crippen molar-refractivity contribution >= 4 is 43.5 Å². The van der Waals surface area contributed by atoms with Crippen LogP contribution < -0.4 is 9.47 Å². The molecule has 3 heteroatoms. The first-order chi connectivity index (χ1) is 13.1. The molecule has 0 aliphatic carbocycles. The minimum atomic E-state index is 0.703. The highest BCUT2D eigenvalue weighted by Crippen LogP contribution is 2.44. The second-order valence-corrected chi connectivity index (χ2v) is 7.04. The van der Waals surface area contributed by atoms with Crippen LogP contribution in [0.25, 0.3) is 43.5 Å². The van der Waals surface area contributed by atoms with Gasteiger partial charge in [-0.05, 0) is 65.4 Å². The third-order valence-corrected chi connectivity index (χ3v) is 5.56. The van der Waals surface area contributed by atoms with Crippen molar-refractivity contribution in [3.05, 3.63) is 59.7 Å². The van der Waals surface area contributed by atoms with Gasteiger partial charge in [0, 0.05) is 16.2 Å². The summed E-state index contributed by atoms with van der Waals surface area (Å²) < 4.78 is 17.5. The Balaban J connectivity index is 2.11. The first-order valence-electron chi connectivity index (χ1n) is 9.02. The van der Waals surface area contributed by atoms with E-state index in [1.54, 1.807) is 14.2 Å². The summed E-state index contributed by atoms with van der Waals surface area (Å²) in [4.78, 5) is 0.